The first-order valence-electron chi connectivity index (χ1n) is 3.93. The lowest BCUT2D eigenvalue weighted by molar-refractivity contribution is -0.141. The van der Waals surface area contributed by atoms with E-state index in [1.807, 2.05) is 0 Å². The van der Waals surface area contributed by atoms with E-state index in [1.54, 1.807) is 13.8 Å². The lowest BCUT2D eigenvalue weighted by Gasteiger charge is -2.00. The van der Waals surface area contributed by atoms with E-state index in [9.17, 15) is 9.59 Å². The molecular formula is C8H13NO4. The van der Waals surface area contributed by atoms with Gasteiger partial charge in [-0.15, -0.1) is 0 Å². The van der Waals surface area contributed by atoms with Crippen LogP contribution in [0, 0.1) is 0 Å². The number of rotatable bonds is 5. The van der Waals surface area contributed by atoms with Gasteiger partial charge >= 0.3 is 11.9 Å². The van der Waals surface area contributed by atoms with Crippen LogP contribution in [0.25, 0.3) is 0 Å². The molecule has 0 aromatic carbocycles. The summed E-state index contributed by atoms with van der Waals surface area (Å²) >= 11 is 0. The van der Waals surface area contributed by atoms with Crippen LogP contribution in [-0.4, -0.2) is 35.9 Å². The summed E-state index contributed by atoms with van der Waals surface area (Å²) in [6.45, 7) is 3.33. The molecule has 0 spiro atoms. The maximum Gasteiger partial charge on any atom is 0.325 e. The fraction of sp³-hybridized carbons (Fsp3) is 0.625. The van der Waals surface area contributed by atoms with Crippen LogP contribution < -0.4 is 0 Å². The zero-order valence-corrected chi connectivity index (χ0v) is 7.74. The zero-order valence-electron chi connectivity index (χ0n) is 7.74. The summed E-state index contributed by atoms with van der Waals surface area (Å²) in [5, 5.41) is 8.28. The molecule has 0 rings (SSSR count). The smallest absolute Gasteiger partial charge is 0.325 e. The molecular weight excluding hydrogens is 174 g/mol. The molecule has 0 aliphatic carbocycles. The van der Waals surface area contributed by atoms with Crippen molar-refractivity contribution in [2.24, 2.45) is 4.99 Å². The third-order valence-electron chi connectivity index (χ3n) is 1.19. The number of nitrogens with zero attached hydrogens (tertiary/aromatic N) is 1. The normalized spacial score (nSPS) is 11.1. The van der Waals surface area contributed by atoms with E-state index in [2.05, 4.69) is 9.73 Å². The van der Waals surface area contributed by atoms with Crippen molar-refractivity contribution in [1.29, 1.82) is 0 Å². The van der Waals surface area contributed by atoms with Gasteiger partial charge in [-0.2, -0.15) is 0 Å². The highest BCUT2D eigenvalue weighted by molar-refractivity contribution is 5.98. The molecule has 0 fully saturated rings. The number of hydrogen-bond acceptors (Lipinski definition) is 4. The second-order valence-corrected chi connectivity index (χ2v) is 2.43. The average Bonchev–Trinajstić information content (AvgIpc) is 2.01. The molecule has 5 nitrogen and oxygen atoms in total. The highest BCUT2D eigenvalue weighted by Gasteiger charge is 2.03. The minimum absolute atomic E-state index is 0.0567. The third kappa shape index (κ3) is 6.99. The molecule has 0 aliphatic rings. The van der Waals surface area contributed by atoms with Gasteiger partial charge in [-0.3, -0.25) is 14.6 Å². The SMILES string of the molecule is CCOC(=O)CC(C)=NCC(=O)O. The number of esters is 1. The minimum Gasteiger partial charge on any atom is -0.480 e. The third-order valence-corrected chi connectivity index (χ3v) is 1.19. The first kappa shape index (κ1) is 11.6. The van der Waals surface area contributed by atoms with Gasteiger partial charge in [0, 0.05) is 5.71 Å². The van der Waals surface area contributed by atoms with Gasteiger partial charge in [0.25, 0.3) is 0 Å². The number of carbonyl (C=O) groups excluding carboxylic acids is 1. The zero-order chi connectivity index (χ0) is 10.3. The molecule has 0 heterocycles. The number of aliphatic imine (C=N–C) groups is 1. The van der Waals surface area contributed by atoms with E-state index in [-0.39, 0.29) is 18.9 Å². The Morgan fingerprint density at radius 1 is 1.46 bits per heavy atom. The maximum atomic E-state index is 10.8. The van der Waals surface area contributed by atoms with Gasteiger partial charge in [-0.05, 0) is 13.8 Å². The van der Waals surface area contributed by atoms with Crippen LogP contribution in [0.4, 0.5) is 0 Å². The summed E-state index contributed by atoms with van der Waals surface area (Å²) in [6, 6.07) is 0. The molecule has 0 radical (unpaired) electrons. The van der Waals surface area contributed by atoms with Gasteiger partial charge in [-0.1, -0.05) is 0 Å². The number of carboxylic acid groups (broad SMARTS) is 1. The van der Waals surface area contributed by atoms with Crippen LogP contribution in [0.1, 0.15) is 20.3 Å². The second kappa shape index (κ2) is 6.16. The largest absolute Gasteiger partial charge is 0.480 e. The molecule has 13 heavy (non-hydrogen) atoms. The van der Waals surface area contributed by atoms with Crippen molar-refractivity contribution >= 4 is 17.7 Å². The molecule has 5 heteroatoms. The lowest BCUT2D eigenvalue weighted by atomic mass is 10.3. The molecule has 0 amide bonds. The van der Waals surface area contributed by atoms with E-state index in [1.165, 1.54) is 0 Å². The Morgan fingerprint density at radius 2 is 2.08 bits per heavy atom. The topological polar surface area (TPSA) is 76.0 Å². The molecule has 0 bridgehead atoms. The molecule has 0 aromatic rings. The van der Waals surface area contributed by atoms with Crippen LogP contribution in [-0.2, 0) is 14.3 Å². The van der Waals surface area contributed by atoms with Crippen molar-refractivity contribution in [2.45, 2.75) is 20.3 Å². The maximum absolute atomic E-state index is 10.8. The van der Waals surface area contributed by atoms with Crippen molar-refractivity contribution in [3.63, 3.8) is 0 Å². The average molecular weight is 187 g/mol. The van der Waals surface area contributed by atoms with Gasteiger partial charge in [0.15, 0.2) is 0 Å². The van der Waals surface area contributed by atoms with E-state index in [0.717, 1.165) is 0 Å². The Morgan fingerprint density at radius 3 is 2.54 bits per heavy atom. The number of aliphatic carboxylic acids is 1. The van der Waals surface area contributed by atoms with Crippen molar-refractivity contribution in [3.8, 4) is 0 Å². The number of hydrogen-bond donors (Lipinski definition) is 1. The fourth-order valence-corrected chi connectivity index (χ4v) is 0.679. The number of carbonyl (C=O) groups is 2. The molecule has 0 aliphatic heterocycles. The summed E-state index contributed by atoms with van der Waals surface area (Å²) < 4.78 is 4.65. The second-order valence-electron chi connectivity index (χ2n) is 2.43. The molecule has 0 saturated carbocycles. The van der Waals surface area contributed by atoms with Crippen LogP contribution in [0.5, 0.6) is 0 Å². The summed E-state index contributed by atoms with van der Waals surface area (Å²) in [4.78, 5) is 24.6. The molecule has 74 valence electrons. The Kier molecular flexibility index (Phi) is 5.50. The van der Waals surface area contributed by atoms with E-state index in [4.69, 9.17) is 5.11 Å². The molecule has 0 unspecified atom stereocenters. The van der Waals surface area contributed by atoms with Crippen molar-refractivity contribution < 1.29 is 19.4 Å². The highest BCUT2D eigenvalue weighted by Crippen LogP contribution is 1.90. The monoisotopic (exact) mass is 187 g/mol. The van der Waals surface area contributed by atoms with Crippen molar-refractivity contribution in [2.75, 3.05) is 13.2 Å². The highest BCUT2D eigenvalue weighted by atomic mass is 16.5. The van der Waals surface area contributed by atoms with Gasteiger partial charge in [0.2, 0.25) is 0 Å². The summed E-state index contributed by atoms with van der Waals surface area (Å²) in [5.41, 5.74) is 0.473. The fourth-order valence-electron chi connectivity index (χ4n) is 0.679. The molecule has 0 aromatic heterocycles. The Balaban J connectivity index is 3.84. The van der Waals surface area contributed by atoms with Gasteiger partial charge < -0.3 is 9.84 Å². The predicted octanol–water partition coefficient (Wildman–Crippen LogP) is 0.485. The first-order chi connectivity index (χ1) is 6.06. The van der Waals surface area contributed by atoms with Gasteiger partial charge in [0.05, 0.1) is 13.0 Å². The number of ether oxygens (including phenoxy) is 1. The summed E-state index contributed by atoms with van der Waals surface area (Å²) in [5.74, 6) is -1.39. The van der Waals surface area contributed by atoms with Crippen LogP contribution in [0.3, 0.4) is 0 Å². The number of carboxylic acids is 1. The first-order valence-corrected chi connectivity index (χ1v) is 3.93. The van der Waals surface area contributed by atoms with Gasteiger partial charge in [0.1, 0.15) is 6.54 Å². The van der Waals surface area contributed by atoms with Crippen LogP contribution in [0.2, 0.25) is 0 Å². The molecule has 1 N–H and O–H groups in total. The minimum atomic E-state index is -1.01. The van der Waals surface area contributed by atoms with Crippen molar-refractivity contribution in [1.82, 2.24) is 0 Å². The van der Waals surface area contributed by atoms with Gasteiger partial charge in [-0.25, -0.2) is 0 Å². The Labute approximate surface area is 76.4 Å². The lowest BCUT2D eigenvalue weighted by Crippen LogP contribution is -2.10. The van der Waals surface area contributed by atoms with Crippen LogP contribution >= 0.6 is 0 Å². The van der Waals surface area contributed by atoms with E-state index >= 15 is 0 Å². The van der Waals surface area contributed by atoms with Crippen LogP contribution in [0.15, 0.2) is 4.99 Å². The van der Waals surface area contributed by atoms with E-state index in [0.29, 0.717) is 12.3 Å². The van der Waals surface area contributed by atoms with Crippen molar-refractivity contribution in [3.05, 3.63) is 0 Å². The summed E-state index contributed by atoms with van der Waals surface area (Å²) in [6.07, 6.45) is 0.0567. The molecule has 0 saturated heterocycles. The Hall–Kier alpha value is -1.39. The quantitative estimate of drug-likeness (QED) is 0.502. The van der Waals surface area contributed by atoms with E-state index < -0.39 is 5.97 Å². The molecule has 0 atom stereocenters. The summed E-state index contributed by atoms with van der Waals surface area (Å²) in [7, 11) is 0. The predicted molar refractivity (Wildman–Crippen MR) is 46.9 cm³/mol. The standard InChI is InChI=1S/C8H13NO4/c1-3-13-8(12)4-6(2)9-5-7(10)11/h3-5H2,1-2H3,(H,10,11). The Bertz CT molecular complexity index is 222.